The number of benzene rings is 4. The topological polar surface area (TPSA) is 218 Å². The highest BCUT2D eigenvalue weighted by molar-refractivity contribution is 7.90. The van der Waals surface area contributed by atoms with Crippen LogP contribution in [-0.2, 0) is 16.6 Å². The van der Waals surface area contributed by atoms with Gasteiger partial charge in [0.25, 0.3) is 21.8 Å². The highest BCUT2D eigenvalue weighted by Gasteiger charge is 2.57. The number of sulfonamides is 1. The van der Waals surface area contributed by atoms with E-state index in [0.29, 0.717) is 60.7 Å². The van der Waals surface area contributed by atoms with E-state index in [4.69, 9.17) is 14.2 Å². The van der Waals surface area contributed by atoms with Crippen LogP contribution >= 0.6 is 0 Å². The zero-order valence-electron chi connectivity index (χ0n) is 47.6. The Hall–Kier alpha value is -6.81. The number of hydrogen-bond acceptors (Lipinski definition) is 14. The number of carbonyl (C=O) groups excluding carboxylic acids is 1. The van der Waals surface area contributed by atoms with Gasteiger partial charge in [-0.25, -0.2) is 22.5 Å². The first-order valence-corrected chi connectivity index (χ1v) is 30.5. The molecule has 7 aromatic rings. The van der Waals surface area contributed by atoms with E-state index in [1.165, 1.54) is 54.8 Å². The van der Waals surface area contributed by atoms with Crippen molar-refractivity contribution in [2.24, 2.45) is 11.3 Å². The van der Waals surface area contributed by atoms with Gasteiger partial charge in [0, 0.05) is 80.9 Å². The standard InChI is InChI=1S/C62H75FN10O8S/c1-7-80-60-52(28-47-48(63)33-65-58(47)68-60)81-51-27-40(14-17-46(51)59(74)69-82(77,78)53-29-49(70(5)76)54(56-55(53)66-36-67-56)64-32-38-18-20-61(4,75)21-19-38)71-24-22-62(23-25-71)30-42(31-62)73-35-41-26-50(57(73)45-11-9-8-10-44(45)37(2)3)72(41)34-39-12-15-43(79-6)16-13-39/h8-17,27-29,33,36-38,41-42,50,57,64,70,75H,7,18-26,30-32,34-35H2,1-6H3,(H,65,68)(H,66,67)(H,69,74)/t38?,41?,50?,57-,61?/m1/s1. The number of halogens is 1. The van der Waals surface area contributed by atoms with Gasteiger partial charge >= 0.3 is 0 Å². The van der Waals surface area contributed by atoms with Gasteiger partial charge in [0.1, 0.15) is 39.1 Å². The molecule has 1 spiro atoms. The molecule has 2 aliphatic carbocycles. The molecule has 1 amide bonds. The van der Waals surface area contributed by atoms with E-state index < -0.39 is 32.4 Å². The molecule has 4 aromatic carbocycles. The molecular formula is C62H75FN10O8S. The summed E-state index contributed by atoms with van der Waals surface area (Å²) in [7, 11) is -1.65. The second-order valence-corrected chi connectivity index (χ2v) is 25.9. The minimum atomic E-state index is -4.71. The van der Waals surface area contributed by atoms with Crippen LogP contribution < -0.4 is 34.2 Å². The number of aromatic amines is 2. The number of fused-ring (bicyclic) bond motifs is 4. The summed E-state index contributed by atoms with van der Waals surface area (Å²) in [5, 5.41) is 26.9. The third-order valence-electron chi connectivity index (χ3n) is 18.6. The van der Waals surface area contributed by atoms with Gasteiger partial charge < -0.3 is 49.8 Å². The number of piperidine rings is 2. The molecule has 2 bridgehead atoms. The zero-order chi connectivity index (χ0) is 57.2. The first-order chi connectivity index (χ1) is 39.4. The van der Waals surface area contributed by atoms with Gasteiger partial charge in [0.2, 0.25) is 0 Å². The molecular weight excluding hydrogens is 1060 g/mol. The number of nitrogens with one attached hydrogen (secondary N) is 5. The van der Waals surface area contributed by atoms with Crippen molar-refractivity contribution < 1.29 is 42.0 Å². The molecule has 6 aliphatic rings. The summed E-state index contributed by atoms with van der Waals surface area (Å²) in [6, 6.07) is 27.0. The molecule has 7 heterocycles. The lowest BCUT2D eigenvalue weighted by atomic mass is 9.59. The van der Waals surface area contributed by atoms with Crippen LogP contribution in [0.15, 0.2) is 96.3 Å². The van der Waals surface area contributed by atoms with E-state index in [1.807, 2.05) is 6.92 Å². The largest absolute Gasteiger partial charge is 0.629 e. The Morgan fingerprint density at radius 1 is 0.988 bits per heavy atom. The maximum Gasteiger partial charge on any atom is 0.268 e. The number of pyridine rings is 1. The lowest BCUT2D eigenvalue weighted by molar-refractivity contribution is -0.750. The molecule has 20 heteroatoms. The van der Waals surface area contributed by atoms with Crippen LogP contribution in [0.4, 0.5) is 21.5 Å². The van der Waals surface area contributed by atoms with E-state index in [0.717, 1.165) is 76.1 Å². The van der Waals surface area contributed by atoms with Crippen molar-refractivity contribution in [3.8, 4) is 23.1 Å². The number of quaternary nitrogens is 1. The molecule has 0 radical (unpaired) electrons. The van der Waals surface area contributed by atoms with Gasteiger partial charge in [-0.05, 0) is 130 Å². The van der Waals surface area contributed by atoms with E-state index in [-0.39, 0.29) is 68.0 Å². The lowest BCUT2D eigenvalue weighted by Crippen LogP contribution is -2.98. The number of nitrogens with zero attached hydrogens (tertiary/aromatic N) is 5. The number of hydrogen-bond donors (Lipinski definition) is 6. The molecule has 18 nitrogen and oxygen atoms in total. The number of aliphatic hydroxyl groups is 1. The van der Waals surface area contributed by atoms with Crippen molar-refractivity contribution in [3.63, 3.8) is 0 Å². The van der Waals surface area contributed by atoms with E-state index in [1.54, 1.807) is 32.2 Å². The number of piperazine rings is 1. The van der Waals surface area contributed by atoms with Crippen LogP contribution in [0.1, 0.15) is 124 Å². The summed E-state index contributed by atoms with van der Waals surface area (Å²) in [5.41, 5.74) is 5.39. The van der Waals surface area contributed by atoms with Crippen molar-refractivity contribution in [1.29, 1.82) is 0 Å². The fourth-order valence-corrected chi connectivity index (χ4v) is 15.1. The van der Waals surface area contributed by atoms with Crippen LogP contribution in [0, 0.1) is 22.4 Å². The lowest BCUT2D eigenvalue weighted by Gasteiger charge is -2.66. The number of ether oxygens (including phenoxy) is 3. The Morgan fingerprint density at radius 2 is 1.74 bits per heavy atom. The van der Waals surface area contributed by atoms with Crippen molar-refractivity contribution in [2.75, 3.05) is 57.2 Å². The monoisotopic (exact) mass is 1140 g/mol. The Morgan fingerprint density at radius 3 is 2.46 bits per heavy atom. The molecule has 13 rings (SSSR count). The molecule has 6 N–H and O–H groups in total. The number of methoxy groups -OCH3 is 1. The Labute approximate surface area is 478 Å². The average Bonchev–Trinajstić information content (AvgIpc) is 4.20. The fraction of sp³-hybridized carbons (Fsp3) is 0.468. The van der Waals surface area contributed by atoms with Gasteiger partial charge in [-0.3, -0.25) is 14.6 Å². The van der Waals surface area contributed by atoms with Crippen LogP contribution in [0.25, 0.3) is 22.1 Å². The van der Waals surface area contributed by atoms with Gasteiger partial charge in [-0.2, -0.15) is 4.98 Å². The highest BCUT2D eigenvalue weighted by Crippen LogP contribution is 2.57. The van der Waals surface area contributed by atoms with E-state index in [9.17, 15) is 23.5 Å². The molecule has 2 saturated carbocycles. The molecule has 3 unspecified atom stereocenters. The van der Waals surface area contributed by atoms with E-state index >= 15 is 4.39 Å². The molecule has 4 saturated heterocycles. The smallest absolute Gasteiger partial charge is 0.268 e. The summed E-state index contributed by atoms with van der Waals surface area (Å²) in [5.74, 6) is 0.00923. The zero-order valence-corrected chi connectivity index (χ0v) is 48.4. The molecule has 3 aromatic heterocycles. The van der Waals surface area contributed by atoms with Gasteiger partial charge in [-0.1, -0.05) is 50.2 Å². The third kappa shape index (κ3) is 10.7. The number of imidazole rings is 1. The second-order valence-electron chi connectivity index (χ2n) is 24.2. The van der Waals surface area contributed by atoms with Gasteiger partial charge in [-0.15, -0.1) is 0 Å². The summed E-state index contributed by atoms with van der Waals surface area (Å²) >= 11 is 0. The number of rotatable bonds is 18. The maximum atomic E-state index is 15.1. The van der Waals surface area contributed by atoms with Crippen LogP contribution in [0.3, 0.4) is 0 Å². The maximum absolute atomic E-state index is 15.1. The van der Waals surface area contributed by atoms with Gasteiger partial charge in [0.15, 0.2) is 11.4 Å². The minimum Gasteiger partial charge on any atom is -0.629 e. The summed E-state index contributed by atoms with van der Waals surface area (Å²) in [6.07, 6.45) is 10.8. The second kappa shape index (κ2) is 22.1. The number of amides is 1. The third-order valence-corrected chi connectivity index (χ3v) is 19.9. The minimum absolute atomic E-state index is 0.00257. The van der Waals surface area contributed by atoms with Crippen molar-refractivity contribution in [2.45, 2.75) is 133 Å². The Balaban J connectivity index is 0.790. The van der Waals surface area contributed by atoms with Crippen LogP contribution in [0.5, 0.6) is 23.1 Å². The number of hydroxylamine groups is 1. The SMILES string of the molecule is CCOc1nc2[nH]cc(F)c2cc1Oc1cc(N2CCC3(CC2)CC(N2CC4CC([C@H]2c2ccccc2C(C)C)N4Cc2ccc(OC)cc2)C3)ccc1C(=O)NS(=O)(=O)c1cc([NH+](C)[O-])c(NCC2CCC(C)(O)CC2)c2[nH]cnc12. The first kappa shape index (κ1) is 55.7. The molecule has 434 valence electrons. The molecule has 4 atom stereocenters. The Kier molecular flexibility index (Phi) is 15.0. The quantitative estimate of drug-likeness (QED) is 0.0442. The first-order valence-electron chi connectivity index (χ1n) is 29.1. The Bertz CT molecular complexity index is 3600. The summed E-state index contributed by atoms with van der Waals surface area (Å²) < 4.78 is 64.4. The average molecular weight is 1140 g/mol. The van der Waals surface area contributed by atoms with Crippen molar-refractivity contribution >= 4 is 55.1 Å². The summed E-state index contributed by atoms with van der Waals surface area (Å²) in [4.78, 5) is 36.8. The summed E-state index contributed by atoms with van der Waals surface area (Å²) in [6.45, 7) is 12.4. The molecule has 6 fully saturated rings. The number of aromatic nitrogens is 4. The molecule has 4 aliphatic heterocycles. The van der Waals surface area contributed by atoms with Crippen LogP contribution in [0.2, 0.25) is 0 Å². The van der Waals surface area contributed by atoms with E-state index in [2.05, 4.69) is 107 Å². The van der Waals surface area contributed by atoms with Crippen molar-refractivity contribution in [3.05, 3.63) is 125 Å². The number of carbonyl (C=O) groups is 1. The molecule has 82 heavy (non-hydrogen) atoms. The van der Waals surface area contributed by atoms with Crippen molar-refractivity contribution in [1.82, 2.24) is 34.5 Å². The fourth-order valence-electron chi connectivity index (χ4n) is 13.9. The van der Waals surface area contributed by atoms with Crippen LogP contribution in [-0.4, -0.2) is 120 Å². The number of H-pyrrole nitrogens is 2. The number of anilines is 2. The predicted molar refractivity (Wildman–Crippen MR) is 313 cm³/mol. The van der Waals surface area contributed by atoms with Gasteiger partial charge in [0.05, 0.1) is 55.2 Å². The normalized spacial score (nSPS) is 23.4. The predicted octanol–water partition coefficient (Wildman–Crippen LogP) is 9.47. The highest BCUT2D eigenvalue weighted by atomic mass is 32.2.